The molecule has 0 aromatic heterocycles. The molecule has 4 amide bonds. The molecule has 1 aromatic carbocycles. The lowest BCUT2D eigenvalue weighted by Gasteiger charge is -2.59. The first kappa shape index (κ1) is 17.5. The lowest BCUT2D eigenvalue weighted by atomic mass is 9.91. The van der Waals surface area contributed by atoms with Gasteiger partial charge in [0, 0.05) is 25.8 Å². The van der Waals surface area contributed by atoms with Gasteiger partial charge in [0.1, 0.15) is 0 Å². The number of nitrogens with one attached hydrogen (secondary N) is 1. The van der Waals surface area contributed by atoms with Crippen LogP contribution in [0.15, 0.2) is 29.3 Å². The summed E-state index contributed by atoms with van der Waals surface area (Å²) < 4.78 is 0. The second kappa shape index (κ2) is 6.20. The van der Waals surface area contributed by atoms with E-state index in [1.165, 1.54) is 6.21 Å². The van der Waals surface area contributed by atoms with E-state index in [1.54, 1.807) is 18.2 Å². The van der Waals surface area contributed by atoms with Crippen LogP contribution in [0.5, 0.6) is 0 Å². The summed E-state index contributed by atoms with van der Waals surface area (Å²) in [5.41, 5.74) is 1.04. The van der Waals surface area contributed by atoms with Crippen molar-refractivity contribution in [2.75, 3.05) is 44.5 Å². The molecule has 1 aromatic rings. The van der Waals surface area contributed by atoms with Gasteiger partial charge < -0.3 is 0 Å². The third-order valence-corrected chi connectivity index (χ3v) is 5.71. The smallest absolute Gasteiger partial charge is 0.285 e. The third kappa shape index (κ3) is 2.83. The number of carbonyl (C=O) groups is 3. The number of imide groups is 2. The van der Waals surface area contributed by atoms with Gasteiger partial charge in [0.15, 0.2) is 5.92 Å². The maximum atomic E-state index is 13.0. The van der Waals surface area contributed by atoms with Gasteiger partial charge in [0.25, 0.3) is 5.91 Å². The number of aliphatic imine (C=N–C) groups is 1. The van der Waals surface area contributed by atoms with Crippen molar-refractivity contribution in [1.29, 1.82) is 0 Å². The second-order valence-electron chi connectivity index (χ2n) is 8.20. The molecular formula is C19H22N6O3. The first-order chi connectivity index (χ1) is 13.4. The lowest BCUT2D eigenvalue weighted by Crippen LogP contribution is -2.75. The number of carbonyl (C=O) groups excluding carboxylic acids is 3. The molecule has 9 heteroatoms. The Morgan fingerprint density at radius 1 is 1.07 bits per heavy atom. The van der Waals surface area contributed by atoms with Crippen molar-refractivity contribution < 1.29 is 14.4 Å². The third-order valence-electron chi connectivity index (χ3n) is 5.71. The predicted octanol–water partition coefficient (Wildman–Crippen LogP) is -0.177. The van der Waals surface area contributed by atoms with Crippen molar-refractivity contribution in [3.8, 4) is 0 Å². The molecular weight excluding hydrogens is 360 g/mol. The fourth-order valence-electron chi connectivity index (χ4n) is 4.77. The highest BCUT2D eigenvalue weighted by molar-refractivity contribution is 6.32. The SMILES string of the molecule is Cc1cccc(N2C(=O)NC(=O)[C@H](C=NC34CN5CN(CN(C5)C3)C4)C2=O)c1. The van der Waals surface area contributed by atoms with Crippen LogP contribution in [0.25, 0.3) is 0 Å². The molecule has 4 bridgehead atoms. The summed E-state index contributed by atoms with van der Waals surface area (Å²) in [6.45, 7) is 7.15. The first-order valence-electron chi connectivity index (χ1n) is 9.40. The van der Waals surface area contributed by atoms with E-state index in [-0.39, 0.29) is 5.54 Å². The summed E-state index contributed by atoms with van der Waals surface area (Å²) in [6.07, 6.45) is 1.45. The number of anilines is 1. The van der Waals surface area contributed by atoms with Crippen molar-refractivity contribution in [2.45, 2.75) is 12.5 Å². The average Bonchev–Trinajstić information content (AvgIpc) is 2.60. The lowest BCUT2D eigenvalue weighted by molar-refractivity contribution is -0.139. The number of barbiturate groups is 1. The molecule has 146 valence electrons. The molecule has 0 saturated carbocycles. The Morgan fingerprint density at radius 2 is 1.71 bits per heavy atom. The zero-order valence-electron chi connectivity index (χ0n) is 15.7. The van der Waals surface area contributed by atoms with Crippen molar-refractivity contribution in [1.82, 2.24) is 20.0 Å². The van der Waals surface area contributed by atoms with Crippen molar-refractivity contribution in [2.24, 2.45) is 10.9 Å². The minimum atomic E-state index is -1.11. The summed E-state index contributed by atoms with van der Waals surface area (Å²) in [5.74, 6) is -2.28. The van der Waals surface area contributed by atoms with E-state index in [4.69, 9.17) is 4.99 Å². The van der Waals surface area contributed by atoms with E-state index in [1.807, 2.05) is 13.0 Å². The molecule has 1 atom stereocenters. The number of hydrogen-bond acceptors (Lipinski definition) is 7. The van der Waals surface area contributed by atoms with Crippen molar-refractivity contribution in [3.63, 3.8) is 0 Å². The van der Waals surface area contributed by atoms with Crippen LogP contribution in [0.3, 0.4) is 0 Å². The molecule has 5 aliphatic rings. The Balaban J connectivity index is 1.41. The van der Waals surface area contributed by atoms with E-state index in [9.17, 15) is 14.4 Å². The maximum Gasteiger partial charge on any atom is 0.335 e. The van der Waals surface area contributed by atoms with Gasteiger partial charge in [-0.25, -0.2) is 9.69 Å². The van der Waals surface area contributed by atoms with Crippen LogP contribution >= 0.6 is 0 Å². The van der Waals surface area contributed by atoms with Gasteiger partial charge in [-0.15, -0.1) is 0 Å². The molecule has 9 nitrogen and oxygen atoms in total. The summed E-state index contributed by atoms with van der Waals surface area (Å²) in [4.78, 5) is 50.4. The standard InChI is InChI=1S/C19H22N6O3/c1-13-3-2-4-14(5-13)25-17(27)15(16(26)21-18(25)28)6-20-19-7-22-10-23(8-19)12-24(9-19)11-22/h2-6,15H,7-12H2,1H3,(H,21,26,28)/t15-/m0/s1. The molecule has 0 spiro atoms. The summed E-state index contributed by atoms with van der Waals surface area (Å²) in [6, 6.07) is 6.36. The zero-order chi connectivity index (χ0) is 19.5. The van der Waals surface area contributed by atoms with Crippen LogP contribution in [-0.2, 0) is 9.59 Å². The highest BCUT2D eigenvalue weighted by atomic mass is 16.2. The quantitative estimate of drug-likeness (QED) is 0.577. The Hall–Kier alpha value is -2.62. The van der Waals surface area contributed by atoms with Gasteiger partial charge >= 0.3 is 6.03 Å². The van der Waals surface area contributed by atoms with E-state index in [2.05, 4.69) is 20.0 Å². The van der Waals surface area contributed by atoms with Gasteiger partial charge in [-0.3, -0.25) is 34.6 Å². The fourth-order valence-corrected chi connectivity index (χ4v) is 4.77. The highest BCUT2D eigenvalue weighted by Crippen LogP contribution is 2.32. The molecule has 1 N–H and O–H groups in total. The summed E-state index contributed by atoms with van der Waals surface area (Å²) in [7, 11) is 0. The number of amides is 4. The van der Waals surface area contributed by atoms with Crippen LogP contribution in [0.4, 0.5) is 10.5 Å². The fraction of sp³-hybridized carbons (Fsp3) is 0.474. The molecule has 0 unspecified atom stereocenters. The Morgan fingerprint density at radius 3 is 2.32 bits per heavy atom. The zero-order valence-corrected chi connectivity index (χ0v) is 15.7. The number of rotatable bonds is 3. The molecule has 5 heterocycles. The van der Waals surface area contributed by atoms with Crippen LogP contribution in [0.1, 0.15) is 5.56 Å². The molecule has 0 radical (unpaired) electrons. The Bertz CT molecular complexity index is 862. The van der Waals surface area contributed by atoms with Gasteiger partial charge in [-0.2, -0.15) is 0 Å². The van der Waals surface area contributed by atoms with Crippen LogP contribution in [-0.4, -0.2) is 83.9 Å². The van der Waals surface area contributed by atoms with Gasteiger partial charge in [-0.05, 0) is 24.6 Å². The number of nitrogens with zero attached hydrogens (tertiary/aromatic N) is 5. The highest BCUT2D eigenvalue weighted by Gasteiger charge is 2.49. The van der Waals surface area contributed by atoms with Crippen LogP contribution < -0.4 is 10.2 Å². The second-order valence-corrected chi connectivity index (χ2v) is 8.20. The largest absolute Gasteiger partial charge is 0.335 e. The normalized spacial score (nSPS) is 37.0. The summed E-state index contributed by atoms with van der Waals surface area (Å²) in [5, 5.41) is 2.29. The van der Waals surface area contributed by atoms with E-state index in [0.29, 0.717) is 5.69 Å². The van der Waals surface area contributed by atoms with E-state index >= 15 is 0 Å². The van der Waals surface area contributed by atoms with Gasteiger partial charge in [0.05, 0.1) is 31.2 Å². The topological polar surface area (TPSA) is 88.6 Å². The molecule has 5 aliphatic heterocycles. The molecule has 6 rings (SSSR count). The molecule has 0 aliphatic carbocycles. The van der Waals surface area contributed by atoms with Crippen molar-refractivity contribution >= 4 is 29.7 Å². The summed E-state index contributed by atoms with van der Waals surface area (Å²) >= 11 is 0. The number of benzene rings is 1. The van der Waals surface area contributed by atoms with E-state index < -0.39 is 23.8 Å². The predicted molar refractivity (Wildman–Crippen MR) is 102 cm³/mol. The van der Waals surface area contributed by atoms with E-state index in [0.717, 1.165) is 50.1 Å². The number of hydrogen-bond donors (Lipinski definition) is 1. The van der Waals surface area contributed by atoms with Gasteiger partial charge in [-0.1, -0.05) is 12.1 Å². The monoisotopic (exact) mass is 382 g/mol. The first-order valence-corrected chi connectivity index (χ1v) is 9.40. The minimum Gasteiger partial charge on any atom is -0.285 e. The average molecular weight is 382 g/mol. The molecule has 5 fully saturated rings. The van der Waals surface area contributed by atoms with Crippen LogP contribution in [0.2, 0.25) is 0 Å². The molecule has 5 saturated heterocycles. The Kier molecular flexibility index (Phi) is 3.87. The Labute approximate surface area is 162 Å². The van der Waals surface area contributed by atoms with Gasteiger partial charge in [0.2, 0.25) is 5.91 Å². The minimum absolute atomic E-state index is 0.328. The van der Waals surface area contributed by atoms with Crippen LogP contribution in [0, 0.1) is 12.8 Å². The maximum absolute atomic E-state index is 13.0. The van der Waals surface area contributed by atoms with Crippen molar-refractivity contribution in [3.05, 3.63) is 29.8 Å². The number of aryl methyl sites for hydroxylation is 1. The molecule has 28 heavy (non-hydrogen) atoms. The number of urea groups is 1.